The average molecular weight is 276 g/mol. The summed E-state index contributed by atoms with van der Waals surface area (Å²) in [7, 11) is 2.32. The highest BCUT2D eigenvalue weighted by atomic mass is 15.3. The molecule has 3 rings (SSSR count). The van der Waals surface area contributed by atoms with Crippen molar-refractivity contribution in [2.24, 2.45) is 0 Å². The van der Waals surface area contributed by atoms with E-state index >= 15 is 0 Å². The Morgan fingerprint density at radius 2 is 2.05 bits per heavy atom. The van der Waals surface area contributed by atoms with Gasteiger partial charge in [-0.3, -0.25) is 4.68 Å². The molecule has 3 heterocycles. The molecule has 4 nitrogen and oxygen atoms in total. The van der Waals surface area contributed by atoms with Crippen LogP contribution in [0.2, 0.25) is 0 Å². The minimum absolute atomic E-state index is 0.687. The minimum Gasteiger partial charge on any atom is -0.308 e. The third-order valence-corrected chi connectivity index (χ3v) is 5.15. The Bertz CT molecular complexity index is 414. The molecule has 20 heavy (non-hydrogen) atoms. The van der Waals surface area contributed by atoms with Crippen LogP contribution in [0.25, 0.3) is 0 Å². The van der Waals surface area contributed by atoms with Gasteiger partial charge in [-0.25, -0.2) is 0 Å². The molecule has 2 aliphatic rings. The second kappa shape index (κ2) is 6.27. The van der Waals surface area contributed by atoms with Crippen molar-refractivity contribution in [2.45, 2.75) is 76.7 Å². The van der Waals surface area contributed by atoms with Gasteiger partial charge in [0.25, 0.3) is 0 Å². The summed E-state index contributed by atoms with van der Waals surface area (Å²) in [5, 5.41) is 8.19. The number of nitrogens with one attached hydrogen (secondary N) is 1. The van der Waals surface area contributed by atoms with E-state index in [0.717, 1.165) is 31.6 Å². The molecule has 0 aliphatic carbocycles. The number of aromatic nitrogens is 2. The topological polar surface area (TPSA) is 33.1 Å². The Morgan fingerprint density at radius 3 is 2.75 bits per heavy atom. The molecular weight excluding hydrogens is 248 g/mol. The van der Waals surface area contributed by atoms with Crippen LogP contribution in [0.3, 0.4) is 0 Å². The summed E-state index contributed by atoms with van der Waals surface area (Å²) in [4.78, 5) is 2.63. The Hall–Kier alpha value is -0.870. The number of aryl methyl sites for hydroxylation is 1. The zero-order valence-electron chi connectivity index (χ0n) is 12.9. The van der Waals surface area contributed by atoms with E-state index in [-0.39, 0.29) is 0 Å². The Morgan fingerprint density at radius 1 is 1.30 bits per heavy atom. The molecule has 2 bridgehead atoms. The van der Waals surface area contributed by atoms with Crippen LogP contribution in [0, 0.1) is 0 Å². The van der Waals surface area contributed by atoms with Crippen molar-refractivity contribution < 1.29 is 0 Å². The van der Waals surface area contributed by atoms with Crippen LogP contribution in [-0.2, 0) is 13.1 Å². The van der Waals surface area contributed by atoms with Crippen LogP contribution in [0.15, 0.2) is 12.3 Å². The van der Waals surface area contributed by atoms with Gasteiger partial charge in [0.1, 0.15) is 0 Å². The zero-order valence-corrected chi connectivity index (χ0v) is 12.9. The molecule has 2 saturated heterocycles. The fourth-order valence-corrected chi connectivity index (χ4v) is 3.95. The van der Waals surface area contributed by atoms with E-state index in [0.29, 0.717) is 6.04 Å². The molecule has 0 amide bonds. The third-order valence-electron chi connectivity index (χ3n) is 5.15. The van der Waals surface area contributed by atoms with Crippen LogP contribution in [-0.4, -0.2) is 39.9 Å². The molecule has 2 aliphatic heterocycles. The van der Waals surface area contributed by atoms with E-state index in [4.69, 9.17) is 0 Å². The molecule has 112 valence electrons. The lowest BCUT2D eigenvalue weighted by molar-refractivity contribution is 0.0481. The number of hydrogen-bond donors (Lipinski definition) is 1. The summed E-state index contributed by atoms with van der Waals surface area (Å²) in [5.41, 5.74) is 1.33. The number of hydrogen-bond acceptors (Lipinski definition) is 3. The van der Waals surface area contributed by atoms with E-state index in [2.05, 4.69) is 40.0 Å². The normalized spacial score (nSPS) is 30.6. The van der Waals surface area contributed by atoms with Gasteiger partial charge in [-0.15, -0.1) is 0 Å². The van der Waals surface area contributed by atoms with Gasteiger partial charge in [0.15, 0.2) is 0 Å². The summed E-state index contributed by atoms with van der Waals surface area (Å²) in [5.74, 6) is 0. The first-order valence-electron chi connectivity index (χ1n) is 8.24. The van der Waals surface area contributed by atoms with Gasteiger partial charge in [0.05, 0.1) is 5.69 Å². The molecule has 1 aromatic heterocycles. The molecule has 1 aromatic rings. The third kappa shape index (κ3) is 2.91. The van der Waals surface area contributed by atoms with Gasteiger partial charge < -0.3 is 10.2 Å². The molecule has 0 spiro atoms. The smallest absolute Gasteiger partial charge is 0.0522 e. The molecule has 2 unspecified atom stereocenters. The van der Waals surface area contributed by atoms with E-state index in [1.165, 1.54) is 37.8 Å². The maximum atomic E-state index is 4.41. The number of rotatable bonds is 5. The van der Waals surface area contributed by atoms with Gasteiger partial charge in [-0.1, -0.05) is 13.3 Å². The van der Waals surface area contributed by atoms with E-state index < -0.39 is 0 Å². The monoisotopic (exact) mass is 276 g/mol. The van der Waals surface area contributed by atoms with E-state index in [9.17, 15) is 0 Å². The number of fused-ring (bicyclic) bond motifs is 2. The fraction of sp³-hybridized carbons (Fsp3) is 0.812. The highest BCUT2D eigenvalue weighted by Gasteiger charge is 2.35. The second-order valence-electron chi connectivity index (χ2n) is 6.50. The van der Waals surface area contributed by atoms with E-state index in [1.54, 1.807) is 0 Å². The molecule has 0 aromatic carbocycles. The lowest BCUT2D eigenvalue weighted by atomic mass is 9.82. The lowest BCUT2D eigenvalue weighted by Crippen LogP contribution is -2.54. The molecule has 0 saturated carbocycles. The molecule has 2 fully saturated rings. The summed E-state index contributed by atoms with van der Waals surface area (Å²) >= 11 is 0. The van der Waals surface area contributed by atoms with Crippen LogP contribution < -0.4 is 5.32 Å². The summed E-state index contributed by atoms with van der Waals surface area (Å²) < 4.78 is 2.14. The average Bonchev–Trinajstić information content (AvgIpc) is 2.85. The van der Waals surface area contributed by atoms with Crippen molar-refractivity contribution in [3.63, 3.8) is 0 Å². The minimum atomic E-state index is 0.687. The first-order valence-corrected chi connectivity index (χ1v) is 8.24. The standard InChI is InChI=1S/C16H28N4/c1-3-9-20-16(7-8-18-20)12-17-13-10-14-5-4-6-15(11-13)19(14)2/h7-8,13-15,17H,3-6,9-12H2,1-2H3. The van der Waals surface area contributed by atoms with Gasteiger partial charge in [0, 0.05) is 37.4 Å². The molecule has 1 N–H and O–H groups in total. The Balaban J connectivity index is 1.55. The maximum Gasteiger partial charge on any atom is 0.0522 e. The fourth-order valence-electron chi connectivity index (χ4n) is 3.95. The predicted molar refractivity (Wildman–Crippen MR) is 81.6 cm³/mol. The molecule has 0 radical (unpaired) electrons. The zero-order chi connectivity index (χ0) is 13.9. The lowest BCUT2D eigenvalue weighted by Gasteiger charge is -2.47. The van der Waals surface area contributed by atoms with Gasteiger partial charge in [-0.05, 0) is 45.2 Å². The van der Waals surface area contributed by atoms with Crippen molar-refractivity contribution in [1.82, 2.24) is 20.0 Å². The largest absolute Gasteiger partial charge is 0.308 e. The highest BCUT2D eigenvalue weighted by Crippen LogP contribution is 2.32. The first kappa shape index (κ1) is 14.1. The predicted octanol–water partition coefficient (Wildman–Crippen LogP) is 2.40. The quantitative estimate of drug-likeness (QED) is 0.896. The Labute approximate surface area is 122 Å². The van der Waals surface area contributed by atoms with Crippen molar-refractivity contribution in [1.29, 1.82) is 0 Å². The van der Waals surface area contributed by atoms with Gasteiger partial charge in [0.2, 0.25) is 0 Å². The summed E-state index contributed by atoms with van der Waals surface area (Å²) in [6.07, 6.45) is 9.90. The molecule has 2 atom stereocenters. The molecular formula is C16H28N4. The Kier molecular flexibility index (Phi) is 4.41. The van der Waals surface area contributed by atoms with Crippen LogP contribution in [0.4, 0.5) is 0 Å². The van der Waals surface area contributed by atoms with Crippen LogP contribution in [0.1, 0.15) is 51.1 Å². The SMILES string of the molecule is CCCn1nccc1CNC1CC2CCCC(C1)N2C. The number of piperidine rings is 2. The van der Waals surface area contributed by atoms with Crippen molar-refractivity contribution in [3.8, 4) is 0 Å². The van der Waals surface area contributed by atoms with Gasteiger partial charge >= 0.3 is 0 Å². The maximum absolute atomic E-state index is 4.41. The van der Waals surface area contributed by atoms with E-state index in [1.807, 2.05) is 6.20 Å². The van der Waals surface area contributed by atoms with Crippen LogP contribution >= 0.6 is 0 Å². The first-order chi connectivity index (χ1) is 9.78. The second-order valence-corrected chi connectivity index (χ2v) is 6.50. The number of nitrogens with zero attached hydrogens (tertiary/aromatic N) is 3. The van der Waals surface area contributed by atoms with Crippen molar-refractivity contribution in [2.75, 3.05) is 7.05 Å². The highest BCUT2D eigenvalue weighted by molar-refractivity contribution is 5.01. The van der Waals surface area contributed by atoms with Gasteiger partial charge in [-0.2, -0.15) is 5.10 Å². The van der Waals surface area contributed by atoms with Crippen LogP contribution in [0.5, 0.6) is 0 Å². The summed E-state index contributed by atoms with van der Waals surface area (Å²) in [6.45, 7) is 4.20. The van der Waals surface area contributed by atoms with Crippen molar-refractivity contribution in [3.05, 3.63) is 18.0 Å². The molecule has 4 heteroatoms. The summed E-state index contributed by atoms with van der Waals surface area (Å²) in [6, 6.07) is 4.45. The van der Waals surface area contributed by atoms with Crippen molar-refractivity contribution >= 4 is 0 Å².